The maximum atomic E-state index is 12.7. The predicted molar refractivity (Wildman–Crippen MR) is 142 cm³/mol. The second kappa shape index (κ2) is 11.7. The van der Waals surface area contributed by atoms with Crippen molar-refractivity contribution in [3.63, 3.8) is 0 Å². The number of nitrogens with zero attached hydrogens (tertiary/aromatic N) is 6. The summed E-state index contributed by atoms with van der Waals surface area (Å²) < 4.78 is 2.06. The Hall–Kier alpha value is -3.82. The molecule has 0 bridgehead atoms. The van der Waals surface area contributed by atoms with Crippen molar-refractivity contribution in [3.05, 3.63) is 90.8 Å². The number of hydrogen-bond donors (Lipinski definition) is 1. The monoisotopic (exact) mass is 497 g/mol. The molecule has 8 nitrogen and oxygen atoms in total. The number of aromatic nitrogens is 3. The molecule has 1 saturated heterocycles. The van der Waals surface area contributed by atoms with Crippen LogP contribution in [0.1, 0.15) is 18.7 Å². The molecule has 36 heavy (non-hydrogen) atoms. The van der Waals surface area contributed by atoms with Crippen molar-refractivity contribution in [1.29, 1.82) is 0 Å². The molecule has 1 aromatic heterocycles. The molecule has 0 saturated carbocycles. The lowest BCUT2D eigenvalue weighted by atomic mass is 10.3. The number of carbonyl (C=O) groups is 1. The maximum absolute atomic E-state index is 12.7. The summed E-state index contributed by atoms with van der Waals surface area (Å²) in [5.41, 5.74) is 3.21. The average Bonchev–Trinajstić information content (AvgIpc) is 3.58. The molecular formula is C27H27N7OS. The lowest BCUT2D eigenvalue weighted by Crippen LogP contribution is -2.21. The second-order valence-corrected chi connectivity index (χ2v) is 9.41. The van der Waals surface area contributed by atoms with Gasteiger partial charge in [0.15, 0.2) is 11.0 Å². The highest BCUT2D eigenvalue weighted by Crippen LogP contribution is 2.25. The number of carbonyl (C=O) groups excluding carboxylic acids is 1. The minimum absolute atomic E-state index is 0.109. The van der Waals surface area contributed by atoms with Gasteiger partial charge in [-0.1, -0.05) is 48.2 Å². The number of para-hydroxylation sites is 1. The Morgan fingerprint density at radius 3 is 2.17 bits per heavy atom. The van der Waals surface area contributed by atoms with Crippen LogP contribution in [0.5, 0.6) is 0 Å². The lowest BCUT2D eigenvalue weighted by molar-refractivity contribution is -0.113. The van der Waals surface area contributed by atoms with Crippen LogP contribution in [0.4, 0.5) is 17.1 Å². The number of amides is 1. The van der Waals surface area contributed by atoms with Gasteiger partial charge in [-0.3, -0.25) is 14.3 Å². The lowest BCUT2D eigenvalue weighted by Gasteiger charge is -2.16. The number of benzene rings is 3. The van der Waals surface area contributed by atoms with E-state index in [1.54, 1.807) is 0 Å². The minimum Gasteiger partial charge on any atom is -0.325 e. The fourth-order valence-electron chi connectivity index (χ4n) is 4.02. The molecular weight excluding hydrogens is 470 g/mol. The molecule has 0 radical (unpaired) electrons. The predicted octanol–water partition coefficient (Wildman–Crippen LogP) is 6.01. The van der Waals surface area contributed by atoms with E-state index in [2.05, 4.69) is 35.2 Å². The van der Waals surface area contributed by atoms with Crippen LogP contribution >= 0.6 is 11.8 Å². The first-order valence-corrected chi connectivity index (χ1v) is 12.9. The van der Waals surface area contributed by atoms with Gasteiger partial charge in [0.25, 0.3) is 0 Å². The standard InChI is InChI=1S/C27H27N7OS/c35-26(28-21-13-15-23(16-14-21)30-29-22-9-3-1-4-10-22)20-36-27-32-31-25(19-33-17-7-8-18-33)34(27)24-11-5-2-6-12-24/h1-6,9-16H,7-8,17-20H2,(H,28,35). The molecule has 1 fully saturated rings. The molecule has 4 aromatic rings. The summed E-state index contributed by atoms with van der Waals surface area (Å²) in [6.07, 6.45) is 2.44. The first kappa shape index (κ1) is 23.9. The maximum Gasteiger partial charge on any atom is 0.234 e. The number of thioether (sulfide) groups is 1. The third-order valence-electron chi connectivity index (χ3n) is 5.80. The molecule has 1 aliphatic rings. The van der Waals surface area contributed by atoms with Crippen molar-refractivity contribution in [2.45, 2.75) is 24.5 Å². The van der Waals surface area contributed by atoms with Crippen LogP contribution in [0.2, 0.25) is 0 Å². The normalized spacial score (nSPS) is 13.9. The first-order valence-electron chi connectivity index (χ1n) is 12.0. The van der Waals surface area contributed by atoms with Crippen molar-refractivity contribution >= 4 is 34.7 Å². The van der Waals surface area contributed by atoms with Crippen LogP contribution in [-0.4, -0.2) is 44.4 Å². The number of azo groups is 1. The molecule has 2 heterocycles. The van der Waals surface area contributed by atoms with Crippen molar-refractivity contribution in [3.8, 4) is 5.69 Å². The van der Waals surface area contributed by atoms with E-state index >= 15 is 0 Å². The van der Waals surface area contributed by atoms with Crippen molar-refractivity contribution < 1.29 is 4.79 Å². The Morgan fingerprint density at radius 2 is 1.47 bits per heavy atom. The van der Waals surface area contributed by atoms with Gasteiger partial charge in [-0.25, -0.2) is 0 Å². The van der Waals surface area contributed by atoms with Crippen LogP contribution in [-0.2, 0) is 11.3 Å². The Bertz CT molecular complexity index is 1300. The van der Waals surface area contributed by atoms with Gasteiger partial charge in [0, 0.05) is 11.4 Å². The summed E-state index contributed by atoms with van der Waals surface area (Å²) in [7, 11) is 0. The van der Waals surface area contributed by atoms with Gasteiger partial charge in [-0.05, 0) is 74.5 Å². The Morgan fingerprint density at radius 1 is 0.833 bits per heavy atom. The van der Waals surface area contributed by atoms with Gasteiger partial charge in [-0.15, -0.1) is 10.2 Å². The Balaban J connectivity index is 1.21. The molecule has 1 N–H and O–H groups in total. The summed E-state index contributed by atoms with van der Waals surface area (Å²) in [5.74, 6) is 1.01. The number of likely N-dealkylation sites (tertiary alicyclic amines) is 1. The number of nitrogens with one attached hydrogen (secondary N) is 1. The highest BCUT2D eigenvalue weighted by Gasteiger charge is 2.20. The average molecular weight is 498 g/mol. The van der Waals surface area contributed by atoms with Crippen LogP contribution in [0.3, 0.4) is 0 Å². The van der Waals surface area contributed by atoms with E-state index in [1.807, 2.05) is 84.9 Å². The molecule has 0 aliphatic carbocycles. The summed E-state index contributed by atoms with van der Waals surface area (Å²) in [5, 5.41) is 21.0. The Kier molecular flexibility index (Phi) is 7.80. The van der Waals surface area contributed by atoms with Gasteiger partial charge in [-0.2, -0.15) is 10.2 Å². The second-order valence-electron chi connectivity index (χ2n) is 8.47. The van der Waals surface area contributed by atoms with Crippen LogP contribution < -0.4 is 5.32 Å². The minimum atomic E-state index is -0.109. The molecule has 3 aromatic carbocycles. The summed E-state index contributed by atoms with van der Waals surface area (Å²) >= 11 is 1.38. The van der Waals surface area contributed by atoms with Gasteiger partial charge >= 0.3 is 0 Å². The molecule has 1 aliphatic heterocycles. The fourth-order valence-corrected chi connectivity index (χ4v) is 4.79. The zero-order valence-corrected chi connectivity index (χ0v) is 20.6. The molecule has 1 amide bonds. The van der Waals surface area contributed by atoms with Crippen LogP contribution in [0.15, 0.2) is 100 Å². The van der Waals surface area contributed by atoms with E-state index in [0.29, 0.717) is 16.5 Å². The first-order chi connectivity index (χ1) is 17.7. The van der Waals surface area contributed by atoms with E-state index in [9.17, 15) is 4.79 Å². The number of hydrogen-bond acceptors (Lipinski definition) is 7. The summed E-state index contributed by atoms with van der Waals surface area (Å²) in [4.78, 5) is 15.1. The SMILES string of the molecule is O=C(CSc1nnc(CN2CCCC2)n1-c1ccccc1)Nc1ccc(N=Nc2ccccc2)cc1. The van der Waals surface area contributed by atoms with Gasteiger partial charge in [0.05, 0.1) is 23.7 Å². The fraction of sp³-hybridized carbons (Fsp3) is 0.222. The Labute approximate surface area is 214 Å². The van der Waals surface area contributed by atoms with Gasteiger partial charge < -0.3 is 5.32 Å². The van der Waals surface area contributed by atoms with E-state index < -0.39 is 0 Å². The third kappa shape index (κ3) is 6.24. The number of anilines is 1. The van der Waals surface area contributed by atoms with Crippen molar-refractivity contribution in [2.24, 2.45) is 10.2 Å². The summed E-state index contributed by atoms with van der Waals surface area (Å²) in [6, 6.07) is 26.9. The topological polar surface area (TPSA) is 87.8 Å². The zero-order chi connectivity index (χ0) is 24.6. The van der Waals surface area contributed by atoms with Crippen molar-refractivity contribution in [2.75, 3.05) is 24.2 Å². The molecule has 5 rings (SSSR count). The highest BCUT2D eigenvalue weighted by molar-refractivity contribution is 7.99. The molecule has 0 spiro atoms. The molecule has 0 unspecified atom stereocenters. The van der Waals surface area contributed by atoms with E-state index in [1.165, 1.54) is 24.6 Å². The smallest absolute Gasteiger partial charge is 0.234 e. The largest absolute Gasteiger partial charge is 0.325 e. The summed E-state index contributed by atoms with van der Waals surface area (Å²) in [6.45, 7) is 2.92. The van der Waals surface area contributed by atoms with E-state index in [0.717, 1.165) is 36.8 Å². The quantitative estimate of drug-likeness (QED) is 0.226. The molecule has 9 heteroatoms. The molecule has 0 atom stereocenters. The van der Waals surface area contributed by atoms with Gasteiger partial charge in [0.2, 0.25) is 5.91 Å². The van der Waals surface area contributed by atoms with Crippen LogP contribution in [0, 0.1) is 0 Å². The molecule has 182 valence electrons. The van der Waals surface area contributed by atoms with E-state index in [4.69, 9.17) is 0 Å². The highest BCUT2D eigenvalue weighted by atomic mass is 32.2. The zero-order valence-electron chi connectivity index (χ0n) is 19.8. The van der Waals surface area contributed by atoms with Crippen LogP contribution in [0.25, 0.3) is 5.69 Å². The number of rotatable bonds is 9. The van der Waals surface area contributed by atoms with Crippen molar-refractivity contribution in [1.82, 2.24) is 19.7 Å². The van der Waals surface area contributed by atoms with E-state index in [-0.39, 0.29) is 11.7 Å². The van der Waals surface area contributed by atoms with Gasteiger partial charge in [0.1, 0.15) is 0 Å². The third-order valence-corrected chi connectivity index (χ3v) is 6.73.